The summed E-state index contributed by atoms with van der Waals surface area (Å²) < 4.78 is 0. The number of hydrogen-bond donors (Lipinski definition) is 0. The minimum Gasteiger partial charge on any atom is -0.334 e. The van der Waals surface area contributed by atoms with Gasteiger partial charge in [0.05, 0.1) is 6.04 Å². The third-order valence-electron chi connectivity index (χ3n) is 2.73. The molecule has 0 N–H and O–H groups in total. The Morgan fingerprint density at radius 1 is 1.50 bits per heavy atom. The quantitative estimate of drug-likeness (QED) is 0.651. The number of rotatable bonds is 2. The number of benzene rings is 1. The highest BCUT2D eigenvalue weighted by Gasteiger charge is 2.32. The average Bonchev–Trinajstić information content (AvgIpc) is 2.45. The van der Waals surface area contributed by atoms with Crippen LogP contribution in [0.4, 0.5) is 0 Å². The average molecular weight is 187 g/mol. The van der Waals surface area contributed by atoms with E-state index >= 15 is 0 Å². The smallest absolute Gasteiger partial charge is 0.254 e. The first kappa shape index (κ1) is 9.00. The predicted octanol–water partition coefficient (Wildman–Crippen LogP) is 2.39. The van der Waals surface area contributed by atoms with E-state index in [1.54, 1.807) is 4.90 Å². The van der Waals surface area contributed by atoms with E-state index in [9.17, 15) is 4.79 Å². The molecule has 0 bridgehead atoms. The predicted molar refractivity (Wildman–Crippen MR) is 56.1 cm³/mol. The molecule has 1 unspecified atom stereocenters. The number of carbonyl (C=O) groups excluding carboxylic acids is 1. The summed E-state index contributed by atoms with van der Waals surface area (Å²) in [5.74, 6) is 0.118. The molecule has 14 heavy (non-hydrogen) atoms. The van der Waals surface area contributed by atoms with Crippen LogP contribution in [0, 0.1) is 0 Å². The molecule has 0 aromatic heterocycles. The lowest BCUT2D eigenvalue weighted by Gasteiger charge is -2.18. The zero-order valence-corrected chi connectivity index (χ0v) is 8.23. The number of hydrogen-bond acceptors (Lipinski definition) is 1. The van der Waals surface area contributed by atoms with Gasteiger partial charge in [0.15, 0.2) is 0 Å². The fourth-order valence-corrected chi connectivity index (χ4v) is 1.97. The highest BCUT2D eigenvalue weighted by atomic mass is 16.2. The maximum absolute atomic E-state index is 11.8. The molecule has 2 nitrogen and oxygen atoms in total. The Hall–Kier alpha value is -1.57. The van der Waals surface area contributed by atoms with Gasteiger partial charge in [0.25, 0.3) is 5.91 Å². The molecule has 1 heterocycles. The monoisotopic (exact) mass is 187 g/mol. The molecule has 1 aromatic rings. The fraction of sp³-hybridized carbons (Fsp3) is 0.250. The highest BCUT2D eigenvalue weighted by Crippen LogP contribution is 2.34. The molecule has 1 aliphatic rings. The number of carbonyl (C=O) groups is 1. The number of fused-ring (bicyclic) bond motifs is 1. The Morgan fingerprint density at radius 2 is 2.21 bits per heavy atom. The lowest BCUT2D eigenvalue weighted by atomic mass is 10.0. The Kier molecular flexibility index (Phi) is 2.12. The van der Waals surface area contributed by atoms with Crippen LogP contribution in [0.3, 0.4) is 0 Å². The van der Waals surface area contributed by atoms with E-state index in [1.807, 2.05) is 37.4 Å². The molecule has 0 fully saturated rings. The van der Waals surface area contributed by atoms with Crippen molar-refractivity contribution in [3.63, 3.8) is 0 Å². The van der Waals surface area contributed by atoms with E-state index in [4.69, 9.17) is 0 Å². The van der Waals surface area contributed by atoms with Crippen molar-refractivity contribution < 1.29 is 4.79 Å². The molecule has 0 radical (unpaired) electrons. The summed E-state index contributed by atoms with van der Waals surface area (Å²) in [5, 5.41) is 0. The molecular weight excluding hydrogens is 174 g/mol. The SMILES string of the molecule is C=CCC1c2ccccc2C(=O)N1C. The first-order valence-corrected chi connectivity index (χ1v) is 4.72. The number of nitrogens with zero attached hydrogens (tertiary/aromatic N) is 1. The molecule has 1 aromatic carbocycles. The third kappa shape index (κ3) is 1.15. The summed E-state index contributed by atoms with van der Waals surface area (Å²) in [6.07, 6.45) is 2.68. The van der Waals surface area contributed by atoms with Crippen molar-refractivity contribution in [3.8, 4) is 0 Å². The molecule has 1 amide bonds. The van der Waals surface area contributed by atoms with Gasteiger partial charge in [-0.15, -0.1) is 6.58 Å². The van der Waals surface area contributed by atoms with Crippen LogP contribution in [0.5, 0.6) is 0 Å². The van der Waals surface area contributed by atoms with Crippen LogP contribution < -0.4 is 0 Å². The van der Waals surface area contributed by atoms with Crippen molar-refractivity contribution >= 4 is 5.91 Å². The zero-order chi connectivity index (χ0) is 10.1. The van der Waals surface area contributed by atoms with Gasteiger partial charge in [-0.1, -0.05) is 24.3 Å². The van der Waals surface area contributed by atoms with Crippen LogP contribution in [0.2, 0.25) is 0 Å². The summed E-state index contributed by atoms with van der Waals surface area (Å²) in [4.78, 5) is 13.6. The Bertz CT molecular complexity index is 384. The first-order chi connectivity index (χ1) is 6.75. The van der Waals surface area contributed by atoms with Crippen LogP contribution in [0.15, 0.2) is 36.9 Å². The summed E-state index contributed by atoms with van der Waals surface area (Å²) in [7, 11) is 1.84. The van der Waals surface area contributed by atoms with Gasteiger partial charge in [0.2, 0.25) is 0 Å². The summed E-state index contributed by atoms with van der Waals surface area (Å²) in [6.45, 7) is 3.72. The number of amides is 1. The van der Waals surface area contributed by atoms with E-state index < -0.39 is 0 Å². The van der Waals surface area contributed by atoms with Gasteiger partial charge in [-0.3, -0.25) is 4.79 Å². The van der Waals surface area contributed by atoms with Crippen LogP contribution in [0.1, 0.15) is 28.4 Å². The second-order valence-electron chi connectivity index (χ2n) is 3.54. The molecule has 2 heteroatoms. The Morgan fingerprint density at radius 3 is 2.93 bits per heavy atom. The minimum atomic E-state index is 0.118. The zero-order valence-electron chi connectivity index (χ0n) is 8.23. The second-order valence-corrected chi connectivity index (χ2v) is 3.54. The van der Waals surface area contributed by atoms with Crippen LogP contribution in [-0.2, 0) is 0 Å². The molecule has 0 saturated heterocycles. The maximum atomic E-state index is 11.8. The van der Waals surface area contributed by atoms with Gasteiger partial charge in [-0.05, 0) is 18.1 Å². The molecule has 0 saturated carbocycles. The van der Waals surface area contributed by atoms with E-state index in [0.717, 1.165) is 17.5 Å². The second kappa shape index (κ2) is 3.29. The van der Waals surface area contributed by atoms with E-state index in [2.05, 4.69) is 6.58 Å². The standard InChI is InChI=1S/C12H13NO/c1-3-6-11-9-7-4-5-8-10(9)12(14)13(11)2/h3-5,7-8,11H,1,6H2,2H3. The van der Waals surface area contributed by atoms with Gasteiger partial charge >= 0.3 is 0 Å². The molecule has 0 spiro atoms. The van der Waals surface area contributed by atoms with Crippen molar-refractivity contribution in [1.29, 1.82) is 0 Å². The summed E-state index contributed by atoms with van der Waals surface area (Å²) in [5.41, 5.74) is 1.96. The fourth-order valence-electron chi connectivity index (χ4n) is 1.97. The van der Waals surface area contributed by atoms with E-state index in [1.165, 1.54) is 0 Å². The first-order valence-electron chi connectivity index (χ1n) is 4.72. The summed E-state index contributed by atoms with van der Waals surface area (Å²) >= 11 is 0. The van der Waals surface area contributed by atoms with Crippen molar-refractivity contribution in [2.45, 2.75) is 12.5 Å². The Balaban J connectivity index is 2.47. The summed E-state index contributed by atoms with van der Waals surface area (Å²) in [6, 6.07) is 7.96. The molecule has 1 atom stereocenters. The molecule has 2 rings (SSSR count). The van der Waals surface area contributed by atoms with Crippen molar-refractivity contribution in [3.05, 3.63) is 48.0 Å². The molecular formula is C12H13NO. The largest absolute Gasteiger partial charge is 0.334 e. The van der Waals surface area contributed by atoms with Crippen LogP contribution in [-0.4, -0.2) is 17.9 Å². The van der Waals surface area contributed by atoms with Crippen LogP contribution >= 0.6 is 0 Å². The van der Waals surface area contributed by atoms with Gasteiger partial charge in [0.1, 0.15) is 0 Å². The van der Waals surface area contributed by atoms with Gasteiger partial charge in [0, 0.05) is 12.6 Å². The van der Waals surface area contributed by atoms with E-state index in [0.29, 0.717) is 0 Å². The topological polar surface area (TPSA) is 20.3 Å². The molecule has 1 aliphatic heterocycles. The maximum Gasteiger partial charge on any atom is 0.254 e. The van der Waals surface area contributed by atoms with Crippen molar-refractivity contribution in [2.24, 2.45) is 0 Å². The normalized spacial score (nSPS) is 19.6. The van der Waals surface area contributed by atoms with Crippen molar-refractivity contribution in [2.75, 3.05) is 7.05 Å². The highest BCUT2D eigenvalue weighted by molar-refractivity contribution is 5.98. The molecule has 72 valence electrons. The van der Waals surface area contributed by atoms with Crippen molar-refractivity contribution in [1.82, 2.24) is 4.90 Å². The van der Waals surface area contributed by atoms with Gasteiger partial charge in [-0.25, -0.2) is 0 Å². The lowest BCUT2D eigenvalue weighted by Crippen LogP contribution is -2.22. The molecule has 0 aliphatic carbocycles. The lowest BCUT2D eigenvalue weighted by molar-refractivity contribution is 0.0775. The van der Waals surface area contributed by atoms with Gasteiger partial charge < -0.3 is 4.90 Å². The van der Waals surface area contributed by atoms with Crippen LogP contribution in [0.25, 0.3) is 0 Å². The minimum absolute atomic E-state index is 0.118. The third-order valence-corrected chi connectivity index (χ3v) is 2.73. The Labute approximate surface area is 83.8 Å². The van der Waals surface area contributed by atoms with E-state index in [-0.39, 0.29) is 11.9 Å². The van der Waals surface area contributed by atoms with Gasteiger partial charge in [-0.2, -0.15) is 0 Å².